The molecule has 0 radical (unpaired) electrons. The molecule has 27 heavy (non-hydrogen) atoms. The maximum atomic E-state index is 12.9. The van der Waals surface area contributed by atoms with Gasteiger partial charge in [-0.1, -0.05) is 19.3 Å². The molecule has 3 aliphatic rings. The monoisotopic (exact) mass is 378 g/mol. The molecule has 3 rings (SSSR count). The van der Waals surface area contributed by atoms with E-state index >= 15 is 0 Å². The summed E-state index contributed by atoms with van der Waals surface area (Å²) in [6, 6.07) is 0.162. The number of rotatable bonds is 5. The minimum atomic E-state index is -1.05. The van der Waals surface area contributed by atoms with E-state index in [9.17, 15) is 19.5 Å². The number of nitrogens with one attached hydrogen (secondary N) is 1. The third-order valence-corrected chi connectivity index (χ3v) is 7.01. The first-order chi connectivity index (χ1) is 12.9. The molecule has 1 atom stereocenters. The number of likely N-dealkylation sites (tertiary alicyclic amines) is 1. The third-order valence-electron chi connectivity index (χ3n) is 7.01. The van der Waals surface area contributed by atoms with Crippen molar-refractivity contribution in [1.29, 1.82) is 0 Å². The Morgan fingerprint density at radius 3 is 2.30 bits per heavy atom. The molecule has 2 aliphatic carbocycles. The summed E-state index contributed by atoms with van der Waals surface area (Å²) >= 11 is 0. The van der Waals surface area contributed by atoms with Gasteiger partial charge in [0.05, 0.1) is 0 Å². The van der Waals surface area contributed by atoms with Gasteiger partial charge >= 0.3 is 5.97 Å². The molecule has 1 unspecified atom stereocenters. The van der Waals surface area contributed by atoms with Crippen molar-refractivity contribution in [1.82, 2.24) is 10.2 Å². The van der Waals surface area contributed by atoms with Crippen molar-refractivity contribution < 1.29 is 19.5 Å². The fraction of sp³-hybridized carbons (Fsp3) is 0.857. The highest BCUT2D eigenvalue weighted by Crippen LogP contribution is 2.34. The summed E-state index contributed by atoms with van der Waals surface area (Å²) in [5, 5.41) is 12.7. The average Bonchev–Trinajstić information content (AvgIpc) is 3.06. The number of carboxylic acids is 1. The van der Waals surface area contributed by atoms with Gasteiger partial charge < -0.3 is 15.3 Å². The van der Waals surface area contributed by atoms with Crippen LogP contribution in [0.3, 0.4) is 0 Å². The normalized spacial score (nSPS) is 32.3. The number of carbonyl (C=O) groups is 3. The van der Waals surface area contributed by atoms with Crippen molar-refractivity contribution in [2.75, 3.05) is 6.54 Å². The van der Waals surface area contributed by atoms with Gasteiger partial charge in [-0.05, 0) is 64.2 Å². The molecule has 0 aromatic rings. The van der Waals surface area contributed by atoms with Crippen LogP contribution in [-0.2, 0) is 14.4 Å². The molecule has 0 aromatic heterocycles. The van der Waals surface area contributed by atoms with E-state index in [1.54, 1.807) is 11.8 Å². The summed E-state index contributed by atoms with van der Waals surface area (Å²) < 4.78 is 0. The Hall–Kier alpha value is -1.59. The molecule has 2 amide bonds. The number of hydrogen-bond donors (Lipinski definition) is 2. The van der Waals surface area contributed by atoms with Crippen LogP contribution in [0.25, 0.3) is 0 Å². The number of amides is 2. The number of nitrogens with zero attached hydrogens (tertiary/aromatic N) is 1. The molecule has 6 nitrogen and oxygen atoms in total. The van der Waals surface area contributed by atoms with Gasteiger partial charge in [-0.3, -0.25) is 9.59 Å². The number of carbonyl (C=O) groups excluding carboxylic acids is 2. The van der Waals surface area contributed by atoms with Crippen molar-refractivity contribution in [3.63, 3.8) is 0 Å². The van der Waals surface area contributed by atoms with Crippen molar-refractivity contribution in [3.05, 3.63) is 0 Å². The van der Waals surface area contributed by atoms with Crippen molar-refractivity contribution >= 4 is 17.8 Å². The molecular formula is C21H34N2O4. The summed E-state index contributed by atoms with van der Waals surface area (Å²) in [6.45, 7) is 2.21. The molecule has 6 heteroatoms. The maximum absolute atomic E-state index is 12.9. The zero-order valence-electron chi connectivity index (χ0n) is 16.5. The van der Waals surface area contributed by atoms with E-state index < -0.39 is 11.5 Å². The zero-order valence-corrected chi connectivity index (χ0v) is 16.5. The number of hydrogen-bond acceptors (Lipinski definition) is 3. The van der Waals surface area contributed by atoms with Crippen molar-refractivity contribution in [2.45, 2.75) is 95.6 Å². The summed E-state index contributed by atoms with van der Waals surface area (Å²) in [6.07, 6.45) is 11.2. The van der Waals surface area contributed by atoms with E-state index in [0.717, 1.165) is 32.1 Å². The topological polar surface area (TPSA) is 86.7 Å². The molecule has 2 saturated carbocycles. The van der Waals surface area contributed by atoms with Crippen molar-refractivity contribution in [3.8, 4) is 0 Å². The third kappa shape index (κ3) is 4.64. The van der Waals surface area contributed by atoms with Gasteiger partial charge in [0.25, 0.3) is 0 Å². The fourth-order valence-corrected chi connectivity index (χ4v) is 5.18. The molecule has 1 heterocycles. The van der Waals surface area contributed by atoms with Crippen LogP contribution in [0, 0.1) is 11.8 Å². The maximum Gasteiger partial charge on any atom is 0.329 e. The largest absolute Gasteiger partial charge is 0.480 e. The Bertz CT molecular complexity index is 565. The molecule has 1 aliphatic heterocycles. The fourth-order valence-electron chi connectivity index (χ4n) is 5.18. The predicted molar refractivity (Wildman–Crippen MR) is 102 cm³/mol. The van der Waals surface area contributed by atoms with E-state index in [1.807, 2.05) is 0 Å². The minimum Gasteiger partial charge on any atom is -0.480 e. The van der Waals surface area contributed by atoms with Gasteiger partial charge in [0.1, 0.15) is 5.54 Å². The van der Waals surface area contributed by atoms with Gasteiger partial charge in [0.15, 0.2) is 0 Å². The summed E-state index contributed by atoms with van der Waals surface area (Å²) in [4.78, 5) is 38.4. The molecule has 0 aromatic carbocycles. The molecule has 3 fully saturated rings. The highest BCUT2D eigenvalue weighted by molar-refractivity contribution is 5.88. The SMILES string of the molecule is CC1(C(=O)O)CCCN1C(=O)C1CCC(NC(=O)CC2CCCCC2)CC1. The second-order valence-electron chi connectivity index (χ2n) is 9.00. The second kappa shape index (κ2) is 8.61. The molecule has 0 bridgehead atoms. The molecule has 1 saturated heterocycles. The highest BCUT2D eigenvalue weighted by Gasteiger charge is 2.47. The Balaban J connectivity index is 1.45. The van der Waals surface area contributed by atoms with Crippen LogP contribution >= 0.6 is 0 Å². The first kappa shape index (κ1) is 20.2. The minimum absolute atomic E-state index is 0.00983. The lowest BCUT2D eigenvalue weighted by molar-refractivity contribution is -0.157. The van der Waals surface area contributed by atoms with Crippen LogP contribution in [-0.4, -0.2) is 45.9 Å². The smallest absolute Gasteiger partial charge is 0.329 e. The first-order valence-electron chi connectivity index (χ1n) is 10.7. The van der Waals surface area contributed by atoms with Crippen LogP contribution in [0.1, 0.15) is 84.0 Å². The average molecular weight is 379 g/mol. The van der Waals surface area contributed by atoms with E-state index in [-0.39, 0.29) is 23.8 Å². The standard InChI is InChI=1S/C21H34N2O4/c1-21(20(26)27)12-5-13-23(21)19(25)16-8-10-17(11-9-16)22-18(24)14-15-6-3-2-4-7-15/h15-17H,2-14H2,1H3,(H,22,24)(H,26,27). The van der Waals surface area contributed by atoms with Gasteiger partial charge in [-0.25, -0.2) is 4.79 Å². The van der Waals surface area contributed by atoms with Crippen LogP contribution in [0.15, 0.2) is 0 Å². The highest BCUT2D eigenvalue weighted by atomic mass is 16.4. The van der Waals surface area contributed by atoms with E-state index in [2.05, 4.69) is 5.32 Å². The van der Waals surface area contributed by atoms with Gasteiger partial charge in [0.2, 0.25) is 11.8 Å². The Morgan fingerprint density at radius 1 is 1.00 bits per heavy atom. The molecule has 0 spiro atoms. The van der Waals surface area contributed by atoms with Gasteiger partial charge in [-0.15, -0.1) is 0 Å². The van der Waals surface area contributed by atoms with E-state index in [4.69, 9.17) is 0 Å². The Labute approximate surface area is 162 Å². The predicted octanol–water partition coefficient (Wildman–Crippen LogP) is 3.10. The summed E-state index contributed by atoms with van der Waals surface area (Å²) in [5.41, 5.74) is -1.05. The molecular weight excluding hydrogens is 344 g/mol. The van der Waals surface area contributed by atoms with Crippen LogP contribution in [0.2, 0.25) is 0 Å². The lowest BCUT2D eigenvalue weighted by Crippen LogP contribution is -2.53. The number of carboxylic acid groups (broad SMARTS) is 1. The lowest BCUT2D eigenvalue weighted by atomic mass is 9.83. The van der Waals surface area contributed by atoms with E-state index in [0.29, 0.717) is 25.3 Å². The van der Waals surface area contributed by atoms with Gasteiger partial charge in [0, 0.05) is 24.9 Å². The second-order valence-corrected chi connectivity index (χ2v) is 9.00. The Morgan fingerprint density at radius 2 is 1.67 bits per heavy atom. The molecule has 152 valence electrons. The summed E-state index contributed by atoms with van der Waals surface area (Å²) in [5.74, 6) is -0.315. The number of aliphatic carboxylic acids is 1. The Kier molecular flexibility index (Phi) is 6.43. The lowest BCUT2D eigenvalue weighted by Gasteiger charge is -2.36. The zero-order chi connectivity index (χ0) is 19.4. The van der Waals surface area contributed by atoms with Gasteiger partial charge in [-0.2, -0.15) is 0 Å². The summed E-state index contributed by atoms with van der Waals surface area (Å²) in [7, 11) is 0. The van der Waals surface area contributed by atoms with Crippen LogP contribution in [0.5, 0.6) is 0 Å². The molecule has 2 N–H and O–H groups in total. The quantitative estimate of drug-likeness (QED) is 0.770. The van der Waals surface area contributed by atoms with Crippen molar-refractivity contribution in [2.24, 2.45) is 11.8 Å². The van der Waals surface area contributed by atoms with E-state index in [1.165, 1.54) is 32.1 Å². The van der Waals surface area contributed by atoms with Crippen LogP contribution in [0.4, 0.5) is 0 Å². The van der Waals surface area contributed by atoms with Crippen LogP contribution < -0.4 is 5.32 Å². The first-order valence-corrected chi connectivity index (χ1v) is 10.7.